The molecule has 0 bridgehead atoms. The molecule has 0 saturated carbocycles. The van der Waals surface area contributed by atoms with Gasteiger partial charge in [0.05, 0.1) is 24.2 Å². The average Bonchev–Trinajstić information content (AvgIpc) is 2.74. The number of hydrogen-bond acceptors (Lipinski definition) is 4. The van der Waals surface area contributed by atoms with Crippen LogP contribution in [0, 0.1) is 0 Å². The van der Waals surface area contributed by atoms with E-state index in [0.717, 1.165) is 22.7 Å². The second kappa shape index (κ2) is 9.73. The molecule has 0 saturated heterocycles. The zero-order chi connectivity index (χ0) is 20.6. The van der Waals surface area contributed by atoms with Gasteiger partial charge >= 0.3 is 0 Å². The van der Waals surface area contributed by atoms with E-state index in [0.29, 0.717) is 18.8 Å². The van der Waals surface area contributed by atoms with Crippen LogP contribution in [0.5, 0.6) is 5.75 Å². The van der Waals surface area contributed by atoms with Crippen molar-refractivity contribution in [1.82, 2.24) is 9.88 Å². The summed E-state index contributed by atoms with van der Waals surface area (Å²) in [5.41, 5.74) is 3.19. The summed E-state index contributed by atoms with van der Waals surface area (Å²) in [6.45, 7) is 7.13. The van der Waals surface area contributed by atoms with Crippen molar-refractivity contribution in [2.75, 3.05) is 11.9 Å². The maximum Gasteiger partial charge on any atom is 0.272 e. The molecule has 0 atom stereocenters. The van der Waals surface area contributed by atoms with Gasteiger partial charge in [-0.3, -0.25) is 4.79 Å². The van der Waals surface area contributed by atoms with Crippen LogP contribution in [0.4, 0.5) is 11.4 Å². The van der Waals surface area contributed by atoms with Crippen molar-refractivity contribution in [3.05, 3.63) is 84.2 Å². The molecule has 0 aliphatic heterocycles. The highest BCUT2D eigenvalue weighted by Gasteiger charge is 2.20. The van der Waals surface area contributed by atoms with Crippen molar-refractivity contribution in [2.45, 2.75) is 33.4 Å². The molecule has 5 heteroatoms. The molecule has 0 fully saturated rings. The van der Waals surface area contributed by atoms with Crippen LogP contribution in [0.3, 0.4) is 0 Å². The van der Waals surface area contributed by atoms with Crippen LogP contribution in [0.25, 0.3) is 0 Å². The molecule has 3 aromatic rings. The number of hydrogen-bond donors (Lipinski definition) is 1. The minimum Gasteiger partial charge on any atom is -0.492 e. The SMILES string of the molecule is CCOc1ccccc1Nc1ccc(C(=O)N(Cc2ccccc2)C(C)C)nc1. The molecule has 0 unspecified atom stereocenters. The van der Waals surface area contributed by atoms with Gasteiger partial charge in [0.1, 0.15) is 11.4 Å². The highest BCUT2D eigenvalue weighted by Crippen LogP contribution is 2.27. The van der Waals surface area contributed by atoms with Crippen molar-refractivity contribution in [1.29, 1.82) is 0 Å². The number of nitrogens with one attached hydrogen (secondary N) is 1. The number of amides is 1. The van der Waals surface area contributed by atoms with Crippen LogP contribution in [0.1, 0.15) is 36.8 Å². The van der Waals surface area contributed by atoms with Gasteiger partial charge in [0.25, 0.3) is 5.91 Å². The lowest BCUT2D eigenvalue weighted by atomic mass is 10.1. The predicted molar refractivity (Wildman–Crippen MR) is 117 cm³/mol. The Kier molecular flexibility index (Phi) is 6.85. The van der Waals surface area contributed by atoms with E-state index in [1.165, 1.54) is 0 Å². The summed E-state index contributed by atoms with van der Waals surface area (Å²) in [7, 11) is 0. The fourth-order valence-electron chi connectivity index (χ4n) is 3.02. The number of pyridine rings is 1. The van der Waals surface area contributed by atoms with Gasteiger partial charge in [-0.1, -0.05) is 42.5 Å². The molecule has 150 valence electrons. The lowest BCUT2D eigenvalue weighted by Gasteiger charge is -2.26. The molecular formula is C24H27N3O2. The van der Waals surface area contributed by atoms with Crippen LogP contribution in [-0.4, -0.2) is 28.4 Å². The molecule has 1 N–H and O–H groups in total. The first-order chi connectivity index (χ1) is 14.1. The van der Waals surface area contributed by atoms with Crippen LogP contribution in [0.15, 0.2) is 72.9 Å². The number of nitrogens with zero attached hydrogens (tertiary/aromatic N) is 2. The van der Waals surface area contributed by atoms with Crippen molar-refractivity contribution in [3.8, 4) is 5.75 Å². The zero-order valence-electron chi connectivity index (χ0n) is 17.1. The molecule has 2 aromatic carbocycles. The average molecular weight is 389 g/mol. The summed E-state index contributed by atoms with van der Waals surface area (Å²) in [6.07, 6.45) is 1.68. The Morgan fingerprint density at radius 2 is 1.76 bits per heavy atom. The molecule has 1 amide bonds. The standard InChI is InChI=1S/C24H27N3O2/c1-4-29-23-13-9-8-12-21(23)26-20-14-15-22(25-16-20)24(28)27(18(2)3)17-19-10-6-5-7-11-19/h5-16,18,26H,4,17H2,1-3H3. The van der Waals surface area contributed by atoms with Crippen LogP contribution in [-0.2, 0) is 6.54 Å². The van der Waals surface area contributed by atoms with Gasteiger partial charge in [-0.15, -0.1) is 0 Å². The summed E-state index contributed by atoms with van der Waals surface area (Å²) in [5.74, 6) is 0.703. The van der Waals surface area contributed by atoms with Crippen molar-refractivity contribution < 1.29 is 9.53 Å². The van der Waals surface area contributed by atoms with E-state index < -0.39 is 0 Å². The number of ether oxygens (including phenoxy) is 1. The summed E-state index contributed by atoms with van der Waals surface area (Å²) >= 11 is 0. The molecule has 1 aromatic heterocycles. The van der Waals surface area contributed by atoms with Gasteiger partial charge in [0.2, 0.25) is 0 Å². The Balaban J connectivity index is 1.74. The molecule has 0 aliphatic carbocycles. The minimum absolute atomic E-state index is 0.0698. The number of rotatable bonds is 8. The van der Waals surface area contributed by atoms with E-state index >= 15 is 0 Å². The Morgan fingerprint density at radius 1 is 1.03 bits per heavy atom. The first-order valence-corrected chi connectivity index (χ1v) is 9.88. The Labute approximate surface area is 172 Å². The predicted octanol–water partition coefficient (Wildman–Crippen LogP) is 5.27. The largest absolute Gasteiger partial charge is 0.492 e. The third-order valence-electron chi connectivity index (χ3n) is 4.53. The van der Waals surface area contributed by atoms with E-state index in [4.69, 9.17) is 4.74 Å². The normalized spacial score (nSPS) is 10.6. The lowest BCUT2D eigenvalue weighted by Crippen LogP contribution is -2.36. The molecule has 29 heavy (non-hydrogen) atoms. The van der Waals surface area contributed by atoms with Crippen LogP contribution < -0.4 is 10.1 Å². The van der Waals surface area contributed by atoms with Gasteiger partial charge in [-0.2, -0.15) is 0 Å². The Morgan fingerprint density at radius 3 is 2.41 bits per heavy atom. The van der Waals surface area contributed by atoms with Gasteiger partial charge < -0.3 is 15.0 Å². The number of aromatic nitrogens is 1. The minimum atomic E-state index is -0.0786. The molecular weight excluding hydrogens is 362 g/mol. The lowest BCUT2D eigenvalue weighted by molar-refractivity contribution is 0.0684. The second-order valence-electron chi connectivity index (χ2n) is 7.00. The van der Waals surface area contributed by atoms with Crippen molar-refractivity contribution in [3.63, 3.8) is 0 Å². The maximum atomic E-state index is 13.0. The van der Waals surface area contributed by atoms with Crippen LogP contribution in [0.2, 0.25) is 0 Å². The Hall–Kier alpha value is -3.34. The highest BCUT2D eigenvalue weighted by molar-refractivity contribution is 5.92. The summed E-state index contributed by atoms with van der Waals surface area (Å²) < 4.78 is 5.64. The maximum absolute atomic E-state index is 13.0. The van der Waals surface area contributed by atoms with E-state index in [1.54, 1.807) is 12.3 Å². The van der Waals surface area contributed by atoms with E-state index in [9.17, 15) is 4.79 Å². The monoisotopic (exact) mass is 389 g/mol. The number of para-hydroxylation sites is 2. The summed E-state index contributed by atoms with van der Waals surface area (Å²) in [5, 5.41) is 3.30. The first kappa shape index (κ1) is 20.4. The van der Waals surface area contributed by atoms with Crippen LogP contribution >= 0.6 is 0 Å². The molecule has 5 nitrogen and oxygen atoms in total. The quantitative estimate of drug-likeness (QED) is 0.570. The Bertz CT molecular complexity index is 924. The first-order valence-electron chi connectivity index (χ1n) is 9.88. The van der Waals surface area contributed by atoms with E-state index in [1.807, 2.05) is 86.3 Å². The molecule has 0 aliphatic rings. The molecule has 1 heterocycles. The number of carbonyl (C=O) groups is 1. The molecule has 3 rings (SSSR count). The van der Waals surface area contributed by atoms with Gasteiger partial charge in [0, 0.05) is 12.6 Å². The topological polar surface area (TPSA) is 54.5 Å². The fraction of sp³-hybridized carbons (Fsp3) is 0.250. The molecule has 0 spiro atoms. The third-order valence-corrected chi connectivity index (χ3v) is 4.53. The third kappa shape index (κ3) is 5.35. The number of carbonyl (C=O) groups excluding carboxylic acids is 1. The van der Waals surface area contributed by atoms with Gasteiger partial charge in [-0.25, -0.2) is 4.98 Å². The summed E-state index contributed by atoms with van der Waals surface area (Å²) in [6, 6.07) is 21.4. The number of anilines is 2. The summed E-state index contributed by atoms with van der Waals surface area (Å²) in [4.78, 5) is 19.3. The van der Waals surface area contributed by atoms with Crippen molar-refractivity contribution >= 4 is 17.3 Å². The van der Waals surface area contributed by atoms with Gasteiger partial charge in [0.15, 0.2) is 0 Å². The highest BCUT2D eigenvalue weighted by atomic mass is 16.5. The molecule has 0 radical (unpaired) electrons. The zero-order valence-corrected chi connectivity index (χ0v) is 17.1. The van der Waals surface area contributed by atoms with Gasteiger partial charge in [-0.05, 0) is 50.6 Å². The van der Waals surface area contributed by atoms with E-state index in [2.05, 4.69) is 10.3 Å². The van der Waals surface area contributed by atoms with E-state index in [-0.39, 0.29) is 11.9 Å². The smallest absolute Gasteiger partial charge is 0.272 e. The number of benzene rings is 2. The van der Waals surface area contributed by atoms with Crippen molar-refractivity contribution in [2.24, 2.45) is 0 Å². The second-order valence-corrected chi connectivity index (χ2v) is 7.00. The fourth-order valence-corrected chi connectivity index (χ4v) is 3.02.